The average molecular weight is 328 g/mol. The fourth-order valence-electron chi connectivity index (χ4n) is 1.74. The van der Waals surface area contributed by atoms with Crippen molar-refractivity contribution in [2.75, 3.05) is 7.05 Å². The molecule has 102 valence electrons. The predicted molar refractivity (Wildman–Crippen MR) is 74.6 cm³/mol. The molecule has 0 unspecified atom stereocenters. The molecule has 0 fully saturated rings. The topological polar surface area (TPSA) is 34.4 Å². The Labute approximate surface area is 119 Å². The zero-order chi connectivity index (χ0) is 13.8. The van der Waals surface area contributed by atoms with Crippen molar-refractivity contribution in [3.8, 4) is 5.75 Å². The van der Waals surface area contributed by atoms with E-state index in [0.29, 0.717) is 16.8 Å². The summed E-state index contributed by atoms with van der Waals surface area (Å²) in [6.45, 7) is 2.85. The monoisotopic (exact) mass is 327 g/mol. The molecule has 2 aromatic rings. The van der Waals surface area contributed by atoms with Gasteiger partial charge in [-0.1, -0.05) is 15.9 Å². The summed E-state index contributed by atoms with van der Waals surface area (Å²) >= 11 is 3.20. The highest BCUT2D eigenvalue weighted by Crippen LogP contribution is 2.23. The lowest BCUT2D eigenvalue weighted by Crippen LogP contribution is -2.04. The van der Waals surface area contributed by atoms with Crippen LogP contribution in [0.2, 0.25) is 0 Å². The molecule has 0 saturated carbocycles. The lowest BCUT2D eigenvalue weighted by atomic mass is 10.2. The van der Waals surface area contributed by atoms with E-state index in [1.165, 1.54) is 6.07 Å². The van der Waals surface area contributed by atoms with Crippen LogP contribution in [-0.2, 0) is 13.2 Å². The van der Waals surface area contributed by atoms with Crippen LogP contribution in [0, 0.1) is 12.7 Å². The molecule has 0 aliphatic heterocycles. The minimum atomic E-state index is -0.395. The van der Waals surface area contributed by atoms with Crippen molar-refractivity contribution < 1.29 is 13.5 Å². The smallest absolute Gasteiger partial charge is 0.166 e. The third-order valence-electron chi connectivity index (χ3n) is 2.67. The molecule has 0 aliphatic carbocycles. The van der Waals surface area contributed by atoms with E-state index >= 15 is 0 Å². The molecule has 1 heterocycles. The Bertz CT molecular complexity index is 569. The second-order valence-electron chi connectivity index (χ2n) is 4.21. The highest BCUT2D eigenvalue weighted by atomic mass is 79.9. The fraction of sp³-hybridized carbons (Fsp3) is 0.286. The van der Waals surface area contributed by atoms with Gasteiger partial charge in [0.25, 0.3) is 0 Å². The number of halogens is 2. The first-order chi connectivity index (χ1) is 9.10. The first-order valence-corrected chi connectivity index (χ1v) is 6.70. The summed E-state index contributed by atoms with van der Waals surface area (Å²) in [5, 5.41) is 3.03. The maximum absolute atomic E-state index is 13.6. The standard InChI is InChI=1S/C14H15BrFNO2/c1-9-5-11(19-14(9)7-17-2)8-18-13-4-3-10(15)6-12(13)16/h3-6,17H,7-8H2,1-2H3. The molecular weight excluding hydrogens is 313 g/mol. The van der Waals surface area contributed by atoms with Crippen molar-refractivity contribution in [1.29, 1.82) is 0 Å². The van der Waals surface area contributed by atoms with Crippen LogP contribution in [0.25, 0.3) is 0 Å². The Kier molecular flexibility index (Phi) is 4.61. The largest absolute Gasteiger partial charge is 0.483 e. The summed E-state index contributed by atoms with van der Waals surface area (Å²) in [7, 11) is 1.86. The lowest BCUT2D eigenvalue weighted by Gasteiger charge is -2.05. The van der Waals surface area contributed by atoms with Crippen molar-refractivity contribution in [2.45, 2.75) is 20.1 Å². The van der Waals surface area contributed by atoms with E-state index in [1.807, 2.05) is 20.0 Å². The van der Waals surface area contributed by atoms with Crippen molar-refractivity contribution in [3.05, 3.63) is 51.6 Å². The van der Waals surface area contributed by atoms with Crippen LogP contribution in [0.1, 0.15) is 17.1 Å². The molecule has 0 radical (unpaired) electrons. The summed E-state index contributed by atoms with van der Waals surface area (Å²) in [4.78, 5) is 0. The Morgan fingerprint density at radius 3 is 2.84 bits per heavy atom. The number of furan rings is 1. The van der Waals surface area contributed by atoms with E-state index in [4.69, 9.17) is 9.15 Å². The van der Waals surface area contributed by atoms with Gasteiger partial charge in [0.2, 0.25) is 0 Å². The molecular formula is C14H15BrFNO2. The fourth-order valence-corrected chi connectivity index (χ4v) is 2.07. The minimum Gasteiger partial charge on any atom is -0.483 e. The average Bonchev–Trinajstić information content (AvgIpc) is 2.70. The van der Waals surface area contributed by atoms with Gasteiger partial charge in [0.05, 0.1) is 6.54 Å². The van der Waals surface area contributed by atoms with Crippen molar-refractivity contribution in [2.24, 2.45) is 0 Å². The second-order valence-corrected chi connectivity index (χ2v) is 5.13. The number of ether oxygens (including phenoxy) is 1. The van der Waals surface area contributed by atoms with Gasteiger partial charge in [-0.3, -0.25) is 0 Å². The Balaban J connectivity index is 2.04. The van der Waals surface area contributed by atoms with Gasteiger partial charge in [0.1, 0.15) is 18.1 Å². The number of benzene rings is 1. The number of hydrogen-bond acceptors (Lipinski definition) is 3. The maximum Gasteiger partial charge on any atom is 0.166 e. The third kappa shape index (κ3) is 3.58. The molecule has 5 heteroatoms. The van der Waals surface area contributed by atoms with Gasteiger partial charge in [-0.05, 0) is 43.8 Å². The number of hydrogen-bond donors (Lipinski definition) is 1. The summed E-state index contributed by atoms with van der Waals surface area (Å²) in [6.07, 6.45) is 0. The zero-order valence-corrected chi connectivity index (χ0v) is 12.4. The molecule has 0 amide bonds. The molecule has 0 spiro atoms. The maximum atomic E-state index is 13.6. The quantitative estimate of drug-likeness (QED) is 0.907. The van der Waals surface area contributed by atoms with Crippen molar-refractivity contribution in [3.63, 3.8) is 0 Å². The van der Waals surface area contributed by atoms with Crippen LogP contribution in [0.5, 0.6) is 5.75 Å². The van der Waals surface area contributed by atoms with Gasteiger partial charge in [-0.25, -0.2) is 4.39 Å². The molecule has 0 bridgehead atoms. The summed E-state index contributed by atoms with van der Waals surface area (Å²) in [5.41, 5.74) is 1.06. The molecule has 1 aromatic heterocycles. The first-order valence-electron chi connectivity index (χ1n) is 5.91. The molecule has 0 atom stereocenters. The number of aryl methyl sites for hydroxylation is 1. The zero-order valence-electron chi connectivity index (χ0n) is 10.8. The summed E-state index contributed by atoms with van der Waals surface area (Å²) < 4.78 is 25.3. The lowest BCUT2D eigenvalue weighted by molar-refractivity contribution is 0.254. The molecule has 1 N–H and O–H groups in total. The van der Waals surface area contributed by atoms with Gasteiger partial charge in [0.15, 0.2) is 11.6 Å². The SMILES string of the molecule is CNCc1oc(COc2ccc(Br)cc2F)cc1C. The molecule has 1 aromatic carbocycles. The minimum absolute atomic E-state index is 0.211. The molecule has 19 heavy (non-hydrogen) atoms. The van der Waals surface area contributed by atoms with E-state index in [2.05, 4.69) is 21.2 Å². The summed E-state index contributed by atoms with van der Waals surface area (Å²) in [5.74, 6) is 1.38. The highest BCUT2D eigenvalue weighted by molar-refractivity contribution is 9.10. The normalized spacial score (nSPS) is 10.7. The van der Waals surface area contributed by atoms with Gasteiger partial charge in [0, 0.05) is 4.47 Å². The van der Waals surface area contributed by atoms with Crippen molar-refractivity contribution >= 4 is 15.9 Å². The van der Waals surface area contributed by atoms with Crippen molar-refractivity contribution in [1.82, 2.24) is 5.32 Å². The van der Waals surface area contributed by atoms with Crippen LogP contribution in [0.3, 0.4) is 0 Å². The van der Waals surface area contributed by atoms with Crippen LogP contribution in [0.4, 0.5) is 4.39 Å². The summed E-state index contributed by atoms with van der Waals surface area (Å²) in [6, 6.07) is 6.60. The number of nitrogens with one attached hydrogen (secondary N) is 1. The van der Waals surface area contributed by atoms with Gasteiger partial charge >= 0.3 is 0 Å². The molecule has 3 nitrogen and oxygen atoms in total. The Hall–Kier alpha value is -1.33. The van der Waals surface area contributed by atoms with Crippen LogP contribution >= 0.6 is 15.9 Å². The van der Waals surface area contributed by atoms with Crippen LogP contribution < -0.4 is 10.1 Å². The first kappa shape index (κ1) is 14.1. The van der Waals surface area contributed by atoms with Crippen LogP contribution in [-0.4, -0.2) is 7.05 Å². The predicted octanol–water partition coefficient (Wildman–Crippen LogP) is 3.79. The van der Waals surface area contributed by atoms with E-state index in [9.17, 15) is 4.39 Å². The molecule has 0 aliphatic rings. The van der Waals surface area contributed by atoms with E-state index in [-0.39, 0.29) is 12.4 Å². The highest BCUT2D eigenvalue weighted by Gasteiger charge is 2.09. The van der Waals surface area contributed by atoms with Crippen LogP contribution in [0.15, 0.2) is 33.2 Å². The third-order valence-corrected chi connectivity index (χ3v) is 3.17. The Morgan fingerprint density at radius 1 is 1.37 bits per heavy atom. The van der Waals surface area contributed by atoms with E-state index in [0.717, 1.165) is 11.3 Å². The molecule has 2 rings (SSSR count). The van der Waals surface area contributed by atoms with E-state index < -0.39 is 5.82 Å². The number of rotatable bonds is 5. The second kappa shape index (κ2) is 6.21. The molecule has 0 saturated heterocycles. The van der Waals surface area contributed by atoms with Gasteiger partial charge < -0.3 is 14.5 Å². The van der Waals surface area contributed by atoms with Gasteiger partial charge in [-0.2, -0.15) is 0 Å². The Morgan fingerprint density at radius 2 is 2.16 bits per heavy atom. The van der Waals surface area contributed by atoms with E-state index in [1.54, 1.807) is 12.1 Å². The van der Waals surface area contributed by atoms with Gasteiger partial charge in [-0.15, -0.1) is 0 Å².